The molecule has 0 bridgehead atoms. The first-order valence-corrected chi connectivity index (χ1v) is 7.83. The molecule has 0 aliphatic heterocycles. The number of hydrogen-bond donors (Lipinski definition) is 2. The van der Waals surface area contributed by atoms with E-state index in [9.17, 15) is 14.0 Å². The number of amides is 2. The summed E-state index contributed by atoms with van der Waals surface area (Å²) in [5.41, 5.74) is 1.81. The summed E-state index contributed by atoms with van der Waals surface area (Å²) in [5, 5.41) is 9.15. The van der Waals surface area contributed by atoms with Crippen LogP contribution in [-0.4, -0.2) is 21.6 Å². The van der Waals surface area contributed by atoms with Crippen LogP contribution in [0.25, 0.3) is 0 Å². The fourth-order valence-electron chi connectivity index (χ4n) is 3.08. The van der Waals surface area contributed by atoms with Gasteiger partial charge in [-0.1, -0.05) is 19.1 Å². The highest BCUT2D eigenvalue weighted by Gasteiger charge is 2.31. The van der Waals surface area contributed by atoms with Crippen molar-refractivity contribution in [3.05, 3.63) is 47.5 Å². The minimum Gasteiger partial charge on any atom is -0.341 e. The smallest absolute Gasteiger partial charge is 0.313 e. The maximum absolute atomic E-state index is 14.0. The van der Waals surface area contributed by atoms with Crippen molar-refractivity contribution in [2.75, 3.05) is 5.32 Å². The fraction of sp³-hybridized carbons (Fsp3) is 0.353. The predicted molar refractivity (Wildman–Crippen MR) is 86.6 cm³/mol. The Balaban J connectivity index is 1.74. The quantitative estimate of drug-likeness (QED) is 0.826. The van der Waals surface area contributed by atoms with Crippen molar-refractivity contribution in [2.45, 2.75) is 25.8 Å². The van der Waals surface area contributed by atoms with Gasteiger partial charge in [-0.3, -0.25) is 14.3 Å². The van der Waals surface area contributed by atoms with Gasteiger partial charge in [0.1, 0.15) is 5.82 Å². The number of carbonyl (C=O) groups is 2. The van der Waals surface area contributed by atoms with Crippen molar-refractivity contribution in [1.82, 2.24) is 15.1 Å². The zero-order valence-corrected chi connectivity index (χ0v) is 13.5. The maximum Gasteiger partial charge on any atom is 0.313 e. The molecule has 0 spiro atoms. The number of aromatic nitrogens is 2. The van der Waals surface area contributed by atoms with E-state index in [1.54, 1.807) is 25.4 Å². The molecule has 2 N–H and O–H groups in total. The summed E-state index contributed by atoms with van der Waals surface area (Å²) >= 11 is 0. The zero-order valence-electron chi connectivity index (χ0n) is 13.5. The molecule has 24 heavy (non-hydrogen) atoms. The van der Waals surface area contributed by atoms with Crippen LogP contribution in [0.3, 0.4) is 0 Å². The van der Waals surface area contributed by atoms with Crippen LogP contribution in [0.15, 0.2) is 30.6 Å². The average molecular weight is 330 g/mol. The lowest BCUT2D eigenvalue weighted by Crippen LogP contribution is -2.41. The van der Waals surface area contributed by atoms with Gasteiger partial charge in [-0.05, 0) is 36.0 Å². The number of benzene rings is 1. The summed E-state index contributed by atoms with van der Waals surface area (Å²) < 4.78 is 15.5. The van der Waals surface area contributed by atoms with E-state index in [-0.39, 0.29) is 17.8 Å². The molecule has 7 heteroatoms. The van der Waals surface area contributed by atoms with Gasteiger partial charge in [0.25, 0.3) is 0 Å². The van der Waals surface area contributed by atoms with Crippen LogP contribution in [0.2, 0.25) is 0 Å². The summed E-state index contributed by atoms with van der Waals surface area (Å²) in [6, 6.07) is 4.47. The molecule has 2 atom stereocenters. The molecule has 1 aromatic heterocycles. The van der Waals surface area contributed by atoms with E-state index in [2.05, 4.69) is 15.7 Å². The highest BCUT2D eigenvalue weighted by atomic mass is 19.1. The molecule has 6 nitrogen and oxygen atoms in total. The van der Waals surface area contributed by atoms with Crippen molar-refractivity contribution < 1.29 is 14.0 Å². The van der Waals surface area contributed by atoms with Gasteiger partial charge in [0.2, 0.25) is 0 Å². The molecule has 0 saturated heterocycles. The van der Waals surface area contributed by atoms with Gasteiger partial charge in [-0.15, -0.1) is 0 Å². The van der Waals surface area contributed by atoms with E-state index in [1.807, 2.05) is 6.92 Å². The molecule has 0 unspecified atom stereocenters. The first-order chi connectivity index (χ1) is 11.5. The highest BCUT2D eigenvalue weighted by Crippen LogP contribution is 2.35. The molecule has 0 fully saturated rings. The normalized spacial score (nSPS) is 19.5. The SMILES string of the molecule is C[C@H]1CCc2c(F)cccc2[C@@H]1NC(=O)C(=O)Nc1cnn(C)c1. The van der Waals surface area contributed by atoms with E-state index >= 15 is 0 Å². The highest BCUT2D eigenvalue weighted by molar-refractivity contribution is 6.39. The Hall–Kier alpha value is -2.70. The lowest BCUT2D eigenvalue weighted by molar-refractivity contribution is -0.136. The second-order valence-corrected chi connectivity index (χ2v) is 6.13. The molecule has 1 aliphatic rings. The molecule has 2 amide bonds. The van der Waals surface area contributed by atoms with Crippen LogP contribution in [0.4, 0.5) is 10.1 Å². The van der Waals surface area contributed by atoms with Crippen LogP contribution >= 0.6 is 0 Å². The number of halogens is 1. The summed E-state index contributed by atoms with van der Waals surface area (Å²) in [7, 11) is 1.71. The van der Waals surface area contributed by atoms with Crippen molar-refractivity contribution in [2.24, 2.45) is 13.0 Å². The Bertz CT molecular complexity index is 787. The number of nitrogens with zero attached hydrogens (tertiary/aromatic N) is 2. The van der Waals surface area contributed by atoms with Gasteiger partial charge in [-0.2, -0.15) is 5.10 Å². The number of fused-ring (bicyclic) bond motifs is 1. The third-order valence-corrected chi connectivity index (χ3v) is 4.36. The maximum atomic E-state index is 14.0. The Kier molecular flexibility index (Phi) is 4.33. The topological polar surface area (TPSA) is 76.0 Å². The Morgan fingerprint density at radius 3 is 2.83 bits per heavy atom. The van der Waals surface area contributed by atoms with Gasteiger partial charge in [-0.25, -0.2) is 4.39 Å². The van der Waals surface area contributed by atoms with E-state index < -0.39 is 11.8 Å². The molecule has 1 aromatic carbocycles. The molecule has 1 heterocycles. The summed E-state index contributed by atoms with van der Waals surface area (Å²) in [6.07, 6.45) is 4.44. The lowest BCUT2D eigenvalue weighted by Gasteiger charge is -2.32. The molecular formula is C17H19FN4O2. The van der Waals surface area contributed by atoms with E-state index in [4.69, 9.17) is 0 Å². The van der Waals surface area contributed by atoms with E-state index in [1.165, 1.54) is 16.9 Å². The predicted octanol–water partition coefficient (Wildman–Crippen LogP) is 1.94. The summed E-state index contributed by atoms with van der Waals surface area (Å²) in [6.45, 7) is 1.98. The summed E-state index contributed by atoms with van der Waals surface area (Å²) in [4.78, 5) is 24.3. The van der Waals surface area contributed by atoms with Gasteiger partial charge in [0, 0.05) is 13.2 Å². The Labute approximate surface area is 139 Å². The van der Waals surface area contributed by atoms with E-state index in [0.29, 0.717) is 17.7 Å². The standard InChI is InChI=1S/C17H19FN4O2/c1-10-6-7-12-13(4-3-5-14(12)18)15(10)21-17(24)16(23)20-11-8-19-22(2)9-11/h3-5,8-10,15H,6-7H2,1-2H3,(H,20,23)(H,21,24)/t10-,15+/m0/s1. The van der Waals surface area contributed by atoms with Crippen LogP contribution in [0.1, 0.15) is 30.5 Å². The van der Waals surface area contributed by atoms with Gasteiger partial charge >= 0.3 is 11.8 Å². The van der Waals surface area contributed by atoms with Gasteiger partial charge in [0.15, 0.2) is 0 Å². The van der Waals surface area contributed by atoms with Crippen molar-refractivity contribution in [3.8, 4) is 0 Å². The fourth-order valence-corrected chi connectivity index (χ4v) is 3.08. The number of carbonyl (C=O) groups excluding carboxylic acids is 2. The first kappa shape index (κ1) is 16.2. The Morgan fingerprint density at radius 1 is 1.33 bits per heavy atom. The van der Waals surface area contributed by atoms with Crippen molar-refractivity contribution in [1.29, 1.82) is 0 Å². The van der Waals surface area contributed by atoms with Gasteiger partial charge in [0.05, 0.1) is 17.9 Å². The number of hydrogen-bond acceptors (Lipinski definition) is 3. The monoisotopic (exact) mass is 330 g/mol. The minimum absolute atomic E-state index is 0.120. The molecule has 1 aliphatic carbocycles. The van der Waals surface area contributed by atoms with Crippen molar-refractivity contribution in [3.63, 3.8) is 0 Å². The minimum atomic E-state index is -0.765. The second kappa shape index (κ2) is 6.43. The largest absolute Gasteiger partial charge is 0.341 e. The third-order valence-electron chi connectivity index (χ3n) is 4.36. The van der Waals surface area contributed by atoms with Crippen LogP contribution in [-0.2, 0) is 23.1 Å². The average Bonchev–Trinajstić information content (AvgIpc) is 2.95. The lowest BCUT2D eigenvalue weighted by atomic mass is 9.80. The van der Waals surface area contributed by atoms with E-state index in [0.717, 1.165) is 12.0 Å². The zero-order chi connectivity index (χ0) is 17.3. The number of anilines is 1. The first-order valence-electron chi connectivity index (χ1n) is 7.83. The molecule has 0 saturated carbocycles. The number of rotatable bonds is 2. The molecule has 126 valence electrons. The third kappa shape index (κ3) is 3.15. The van der Waals surface area contributed by atoms with Crippen LogP contribution < -0.4 is 10.6 Å². The molecule has 0 radical (unpaired) electrons. The molecule has 2 aromatic rings. The van der Waals surface area contributed by atoms with Crippen LogP contribution in [0, 0.1) is 11.7 Å². The molecule has 3 rings (SSSR count). The Morgan fingerprint density at radius 2 is 2.12 bits per heavy atom. The van der Waals surface area contributed by atoms with Crippen LogP contribution in [0.5, 0.6) is 0 Å². The molecular weight excluding hydrogens is 311 g/mol. The number of aryl methyl sites for hydroxylation is 1. The van der Waals surface area contributed by atoms with Gasteiger partial charge < -0.3 is 10.6 Å². The second-order valence-electron chi connectivity index (χ2n) is 6.13. The van der Waals surface area contributed by atoms with Crippen molar-refractivity contribution >= 4 is 17.5 Å². The summed E-state index contributed by atoms with van der Waals surface area (Å²) in [5.74, 6) is -1.65. The number of nitrogens with one attached hydrogen (secondary N) is 2.